The van der Waals surface area contributed by atoms with E-state index in [2.05, 4.69) is 15.3 Å². The van der Waals surface area contributed by atoms with Crippen molar-refractivity contribution >= 4 is 23.5 Å². The minimum Gasteiger partial charge on any atom is -0.369 e. The minimum absolute atomic E-state index is 0.0886. The molecule has 1 aromatic rings. The summed E-state index contributed by atoms with van der Waals surface area (Å²) in [6.45, 7) is 2.46. The number of thioether (sulfide) groups is 1. The summed E-state index contributed by atoms with van der Waals surface area (Å²) in [5, 5.41) is 3.06. The Hall–Kier alpha value is -1.18. The predicted octanol–water partition coefficient (Wildman–Crippen LogP) is 2.24. The van der Waals surface area contributed by atoms with Gasteiger partial charge in [-0.1, -0.05) is 6.92 Å². The fourth-order valence-corrected chi connectivity index (χ4v) is 1.28. The van der Waals surface area contributed by atoms with E-state index in [1.54, 1.807) is 11.8 Å². The number of nitrogens with two attached hydrogens (primary N) is 1. The number of nitrogen functional groups attached to an aromatic ring is 1. The van der Waals surface area contributed by atoms with Gasteiger partial charge < -0.3 is 11.1 Å². The van der Waals surface area contributed by atoms with Crippen molar-refractivity contribution in [3.05, 3.63) is 11.8 Å². The molecule has 8 heteroatoms. The number of anilines is 2. The fraction of sp³-hybridized carbons (Fsp3) is 0.556. The van der Waals surface area contributed by atoms with Crippen LogP contribution < -0.4 is 11.1 Å². The van der Waals surface area contributed by atoms with Gasteiger partial charge in [0.25, 0.3) is 0 Å². The van der Waals surface area contributed by atoms with Crippen molar-refractivity contribution in [1.29, 1.82) is 0 Å². The van der Waals surface area contributed by atoms with Gasteiger partial charge in [-0.3, -0.25) is 0 Å². The number of nitrogens with zero attached hydrogens (tertiary/aromatic N) is 2. The molecule has 3 N–H and O–H groups in total. The zero-order chi connectivity index (χ0) is 13.1. The number of alkyl halides is 3. The Labute approximate surface area is 101 Å². The van der Waals surface area contributed by atoms with Gasteiger partial charge in [0.2, 0.25) is 5.95 Å². The summed E-state index contributed by atoms with van der Waals surface area (Å²) in [5.74, 6) is -0.301. The second-order valence-corrected chi connectivity index (χ2v) is 4.70. The molecule has 0 saturated heterocycles. The lowest BCUT2D eigenvalue weighted by molar-refractivity contribution is -0.141. The molecule has 1 unspecified atom stereocenters. The smallest absolute Gasteiger partial charge is 0.369 e. The molecule has 0 amide bonds. The molecule has 17 heavy (non-hydrogen) atoms. The van der Waals surface area contributed by atoms with Crippen molar-refractivity contribution in [3.8, 4) is 0 Å². The van der Waals surface area contributed by atoms with Crippen LogP contribution in [0.5, 0.6) is 0 Å². The van der Waals surface area contributed by atoms with Crippen LogP contribution in [0.25, 0.3) is 0 Å². The Morgan fingerprint density at radius 2 is 2.12 bits per heavy atom. The summed E-state index contributed by atoms with van der Waals surface area (Å²) in [7, 11) is 0. The van der Waals surface area contributed by atoms with Gasteiger partial charge in [-0.05, 0) is 6.26 Å². The van der Waals surface area contributed by atoms with Crippen LogP contribution in [0, 0.1) is 0 Å². The van der Waals surface area contributed by atoms with Crippen LogP contribution in [-0.2, 0) is 6.18 Å². The largest absolute Gasteiger partial charge is 0.433 e. The number of nitrogens with one attached hydrogen (secondary N) is 1. The van der Waals surface area contributed by atoms with Crippen molar-refractivity contribution < 1.29 is 13.2 Å². The van der Waals surface area contributed by atoms with Crippen LogP contribution in [-0.4, -0.2) is 28.0 Å². The molecule has 0 fully saturated rings. The van der Waals surface area contributed by atoms with E-state index in [1.165, 1.54) is 0 Å². The van der Waals surface area contributed by atoms with Gasteiger partial charge in [0.15, 0.2) is 5.69 Å². The maximum atomic E-state index is 12.4. The lowest BCUT2D eigenvalue weighted by atomic mass is 10.3. The third kappa shape index (κ3) is 4.29. The normalized spacial score (nSPS) is 13.5. The Balaban J connectivity index is 2.83. The molecule has 0 aliphatic carbocycles. The number of halogens is 3. The van der Waals surface area contributed by atoms with Crippen LogP contribution in [0.15, 0.2) is 6.07 Å². The highest BCUT2D eigenvalue weighted by atomic mass is 32.2. The maximum absolute atomic E-state index is 12.4. The third-order valence-corrected chi connectivity index (χ3v) is 2.98. The zero-order valence-corrected chi connectivity index (χ0v) is 10.2. The van der Waals surface area contributed by atoms with E-state index < -0.39 is 11.9 Å². The van der Waals surface area contributed by atoms with Crippen LogP contribution >= 0.6 is 11.8 Å². The van der Waals surface area contributed by atoms with Gasteiger partial charge >= 0.3 is 6.18 Å². The number of rotatable bonds is 4. The molecule has 96 valence electrons. The van der Waals surface area contributed by atoms with Crippen molar-refractivity contribution in [3.63, 3.8) is 0 Å². The molecule has 1 rings (SSSR count). The summed E-state index contributed by atoms with van der Waals surface area (Å²) in [6.07, 6.45) is -2.60. The van der Waals surface area contributed by atoms with E-state index in [-0.39, 0.29) is 17.0 Å². The van der Waals surface area contributed by atoms with E-state index >= 15 is 0 Å². The second-order valence-electron chi connectivity index (χ2n) is 3.42. The zero-order valence-electron chi connectivity index (χ0n) is 9.38. The SMILES string of the molecule is CSC(C)CNc1cc(C(F)(F)F)nc(N)n1. The molecule has 1 atom stereocenters. The standard InChI is InChI=1S/C9H13F3N4S/c1-5(17-2)4-14-7-3-6(9(10,11)12)15-8(13)16-7/h3,5H,4H2,1-2H3,(H3,13,14,15,16). The average Bonchev–Trinajstić information content (AvgIpc) is 2.24. The number of hydrogen-bond acceptors (Lipinski definition) is 5. The molecule has 1 aromatic heterocycles. The highest BCUT2D eigenvalue weighted by Crippen LogP contribution is 2.29. The van der Waals surface area contributed by atoms with Crippen LogP contribution in [0.4, 0.5) is 24.9 Å². The first-order valence-corrected chi connectivity index (χ1v) is 6.10. The summed E-state index contributed by atoms with van der Waals surface area (Å²) in [6, 6.07) is 0.851. The molecule has 0 bridgehead atoms. The van der Waals surface area contributed by atoms with Gasteiger partial charge in [-0.25, -0.2) is 4.98 Å². The molecule has 0 radical (unpaired) electrons. The van der Waals surface area contributed by atoms with Gasteiger partial charge in [0.05, 0.1) is 0 Å². The number of aromatic nitrogens is 2. The van der Waals surface area contributed by atoms with E-state index in [0.717, 1.165) is 6.07 Å². The molecule has 0 aliphatic rings. The molecule has 0 spiro atoms. The van der Waals surface area contributed by atoms with Gasteiger partial charge in [0.1, 0.15) is 5.82 Å². The van der Waals surface area contributed by atoms with E-state index in [4.69, 9.17) is 5.73 Å². The van der Waals surface area contributed by atoms with Gasteiger partial charge in [0, 0.05) is 17.9 Å². The Kier molecular flexibility index (Phi) is 4.44. The predicted molar refractivity (Wildman–Crippen MR) is 62.9 cm³/mol. The molecule has 4 nitrogen and oxygen atoms in total. The molecule has 0 saturated carbocycles. The van der Waals surface area contributed by atoms with E-state index in [1.807, 2.05) is 13.2 Å². The van der Waals surface area contributed by atoms with Crippen molar-refractivity contribution in [2.75, 3.05) is 23.9 Å². The molecular weight excluding hydrogens is 253 g/mol. The lowest BCUT2D eigenvalue weighted by Gasteiger charge is -2.12. The highest BCUT2D eigenvalue weighted by Gasteiger charge is 2.33. The maximum Gasteiger partial charge on any atom is 0.433 e. The summed E-state index contributed by atoms with van der Waals surface area (Å²) in [5.41, 5.74) is 4.19. The second kappa shape index (κ2) is 5.44. The first kappa shape index (κ1) is 13.9. The lowest BCUT2D eigenvalue weighted by Crippen LogP contribution is -2.16. The molecule has 0 aliphatic heterocycles. The van der Waals surface area contributed by atoms with Crippen LogP contribution in [0.2, 0.25) is 0 Å². The quantitative estimate of drug-likeness (QED) is 0.875. The van der Waals surface area contributed by atoms with Crippen LogP contribution in [0.3, 0.4) is 0 Å². The van der Waals surface area contributed by atoms with Crippen molar-refractivity contribution in [1.82, 2.24) is 9.97 Å². The van der Waals surface area contributed by atoms with Gasteiger partial charge in [-0.15, -0.1) is 0 Å². The Bertz CT molecular complexity index is 383. The fourth-order valence-electron chi connectivity index (χ4n) is 1.03. The third-order valence-electron chi connectivity index (χ3n) is 2.01. The molecule has 0 aromatic carbocycles. The first-order valence-electron chi connectivity index (χ1n) is 4.81. The highest BCUT2D eigenvalue weighted by molar-refractivity contribution is 7.99. The topological polar surface area (TPSA) is 63.8 Å². The first-order chi connectivity index (χ1) is 7.82. The monoisotopic (exact) mass is 266 g/mol. The van der Waals surface area contributed by atoms with E-state index in [0.29, 0.717) is 6.54 Å². The summed E-state index contributed by atoms with van der Waals surface area (Å²) >= 11 is 1.60. The summed E-state index contributed by atoms with van der Waals surface area (Å²) < 4.78 is 37.3. The number of hydrogen-bond donors (Lipinski definition) is 2. The molecular formula is C9H13F3N4S. The summed E-state index contributed by atoms with van der Waals surface area (Å²) in [4.78, 5) is 6.85. The van der Waals surface area contributed by atoms with Crippen molar-refractivity contribution in [2.45, 2.75) is 18.3 Å². The molecule has 1 heterocycles. The Morgan fingerprint density at radius 1 is 1.47 bits per heavy atom. The Morgan fingerprint density at radius 3 is 2.65 bits per heavy atom. The van der Waals surface area contributed by atoms with E-state index in [9.17, 15) is 13.2 Å². The minimum atomic E-state index is -4.52. The van der Waals surface area contributed by atoms with Crippen molar-refractivity contribution in [2.24, 2.45) is 0 Å². The average molecular weight is 266 g/mol. The van der Waals surface area contributed by atoms with Crippen LogP contribution in [0.1, 0.15) is 12.6 Å². The van der Waals surface area contributed by atoms with Gasteiger partial charge in [-0.2, -0.15) is 29.9 Å².